The highest BCUT2D eigenvalue weighted by molar-refractivity contribution is 7.80. The molecule has 0 radical (unpaired) electrons. The summed E-state index contributed by atoms with van der Waals surface area (Å²) >= 11 is 5.71. The molecule has 2 aromatic rings. The number of benzene rings is 2. The van der Waals surface area contributed by atoms with Gasteiger partial charge in [0, 0.05) is 11.4 Å². The molecule has 0 saturated heterocycles. The average molecular weight is 422 g/mol. The molecule has 6 nitrogen and oxygen atoms in total. The average Bonchev–Trinajstić information content (AvgIpc) is 2.77. The third-order valence-corrected chi connectivity index (χ3v) is 5.06. The van der Waals surface area contributed by atoms with Gasteiger partial charge in [-0.2, -0.15) is 5.26 Å². The fourth-order valence-corrected chi connectivity index (χ4v) is 3.82. The van der Waals surface area contributed by atoms with Crippen molar-refractivity contribution in [2.75, 3.05) is 18.6 Å². The quantitative estimate of drug-likeness (QED) is 0.556. The van der Waals surface area contributed by atoms with Crippen molar-refractivity contribution in [1.82, 2.24) is 5.32 Å². The summed E-state index contributed by atoms with van der Waals surface area (Å²) in [6.45, 7) is 4.03. The zero-order valence-electron chi connectivity index (χ0n) is 17.1. The molecule has 0 fully saturated rings. The van der Waals surface area contributed by atoms with Crippen molar-refractivity contribution in [3.8, 4) is 11.8 Å². The Morgan fingerprint density at radius 2 is 1.87 bits per heavy atom. The summed E-state index contributed by atoms with van der Waals surface area (Å²) in [5.41, 5.74) is 3.02. The zero-order valence-corrected chi connectivity index (χ0v) is 17.9. The number of ether oxygens (including phenoxy) is 2. The Morgan fingerprint density at radius 1 is 1.20 bits per heavy atom. The first kappa shape index (κ1) is 21.3. The van der Waals surface area contributed by atoms with Crippen molar-refractivity contribution in [3.63, 3.8) is 0 Å². The number of thiocarbonyl (C=S) groups is 1. The number of carbonyl (C=O) groups is 1. The lowest BCUT2D eigenvalue weighted by atomic mass is 9.90. The number of rotatable bonds is 6. The van der Waals surface area contributed by atoms with E-state index in [9.17, 15) is 4.79 Å². The van der Waals surface area contributed by atoms with E-state index in [1.54, 1.807) is 12.1 Å². The van der Waals surface area contributed by atoms with Crippen LogP contribution < -0.4 is 15.0 Å². The molecule has 1 aliphatic heterocycles. The third kappa shape index (κ3) is 4.29. The van der Waals surface area contributed by atoms with Crippen molar-refractivity contribution in [2.24, 2.45) is 5.92 Å². The van der Waals surface area contributed by atoms with Crippen LogP contribution in [0.15, 0.2) is 65.9 Å². The SMILES string of the molecule is COC(=O)C1=C(C(C)C)N(c2ccccc2)C(=S)N[C@H]1c1ccc(OCC#N)cc1. The van der Waals surface area contributed by atoms with E-state index >= 15 is 0 Å². The van der Waals surface area contributed by atoms with Crippen LogP contribution >= 0.6 is 12.2 Å². The van der Waals surface area contributed by atoms with Crippen LogP contribution in [0.3, 0.4) is 0 Å². The topological polar surface area (TPSA) is 74.6 Å². The third-order valence-electron chi connectivity index (χ3n) is 4.76. The van der Waals surface area contributed by atoms with E-state index < -0.39 is 12.0 Å². The van der Waals surface area contributed by atoms with Gasteiger partial charge < -0.3 is 14.8 Å². The molecule has 3 rings (SSSR count). The minimum atomic E-state index is -0.465. The Bertz CT molecular complexity index is 995. The first-order valence-corrected chi connectivity index (χ1v) is 9.96. The number of methoxy groups -OCH3 is 1. The molecule has 2 aromatic carbocycles. The second-order valence-corrected chi connectivity index (χ2v) is 7.40. The molecule has 1 atom stereocenters. The number of anilines is 1. The second-order valence-electron chi connectivity index (χ2n) is 7.01. The summed E-state index contributed by atoms with van der Waals surface area (Å²) in [5, 5.41) is 12.5. The molecular weight excluding hydrogens is 398 g/mol. The minimum Gasteiger partial charge on any atom is -0.479 e. The number of nitriles is 1. The van der Waals surface area contributed by atoms with Gasteiger partial charge in [-0.15, -0.1) is 0 Å². The first-order chi connectivity index (χ1) is 14.5. The van der Waals surface area contributed by atoms with Crippen molar-refractivity contribution in [3.05, 3.63) is 71.4 Å². The zero-order chi connectivity index (χ0) is 21.7. The van der Waals surface area contributed by atoms with Crippen LogP contribution in [-0.2, 0) is 9.53 Å². The maximum Gasteiger partial charge on any atom is 0.338 e. The van der Waals surface area contributed by atoms with E-state index in [0.717, 1.165) is 16.9 Å². The fraction of sp³-hybridized carbons (Fsp3) is 0.261. The van der Waals surface area contributed by atoms with E-state index in [-0.39, 0.29) is 12.5 Å². The van der Waals surface area contributed by atoms with Gasteiger partial charge in [0.1, 0.15) is 11.8 Å². The molecule has 0 bridgehead atoms. The Hall–Kier alpha value is -3.37. The van der Waals surface area contributed by atoms with E-state index in [1.165, 1.54) is 7.11 Å². The maximum atomic E-state index is 12.9. The van der Waals surface area contributed by atoms with Gasteiger partial charge in [0.2, 0.25) is 0 Å². The lowest BCUT2D eigenvalue weighted by Gasteiger charge is -2.40. The van der Waals surface area contributed by atoms with Crippen molar-refractivity contribution < 1.29 is 14.3 Å². The van der Waals surface area contributed by atoms with E-state index in [1.807, 2.05) is 67.3 Å². The number of carbonyl (C=O) groups excluding carboxylic acids is 1. The predicted molar refractivity (Wildman–Crippen MR) is 119 cm³/mol. The van der Waals surface area contributed by atoms with Crippen molar-refractivity contribution >= 4 is 29.0 Å². The molecule has 0 aliphatic carbocycles. The summed E-state index contributed by atoms with van der Waals surface area (Å²) < 4.78 is 10.5. The van der Waals surface area contributed by atoms with Crippen LogP contribution in [0.25, 0.3) is 0 Å². The molecule has 1 aliphatic rings. The normalized spacial score (nSPS) is 16.2. The number of nitrogens with zero attached hydrogens (tertiary/aromatic N) is 2. The summed E-state index contributed by atoms with van der Waals surface area (Å²) in [4.78, 5) is 14.8. The van der Waals surface area contributed by atoms with E-state index in [0.29, 0.717) is 16.4 Å². The van der Waals surface area contributed by atoms with Crippen LogP contribution in [0.4, 0.5) is 5.69 Å². The van der Waals surface area contributed by atoms with Crippen LogP contribution in [0.2, 0.25) is 0 Å². The highest BCUT2D eigenvalue weighted by Crippen LogP contribution is 2.37. The van der Waals surface area contributed by atoms with Gasteiger partial charge in [-0.25, -0.2) is 4.79 Å². The van der Waals surface area contributed by atoms with Crippen molar-refractivity contribution in [1.29, 1.82) is 5.26 Å². The van der Waals surface area contributed by atoms with Gasteiger partial charge in [-0.3, -0.25) is 4.90 Å². The van der Waals surface area contributed by atoms with Crippen molar-refractivity contribution in [2.45, 2.75) is 19.9 Å². The van der Waals surface area contributed by atoms with Gasteiger partial charge in [0.05, 0.1) is 18.7 Å². The predicted octanol–water partition coefficient (Wildman–Crippen LogP) is 4.11. The van der Waals surface area contributed by atoms with Gasteiger partial charge in [0.25, 0.3) is 0 Å². The Kier molecular flexibility index (Phi) is 6.70. The number of para-hydroxylation sites is 1. The maximum absolute atomic E-state index is 12.9. The lowest BCUT2D eigenvalue weighted by Crippen LogP contribution is -2.49. The summed E-state index contributed by atoms with van der Waals surface area (Å²) in [7, 11) is 1.38. The number of hydrogen-bond acceptors (Lipinski definition) is 5. The first-order valence-electron chi connectivity index (χ1n) is 9.55. The van der Waals surface area contributed by atoms with E-state index in [4.69, 9.17) is 27.0 Å². The number of hydrogen-bond donors (Lipinski definition) is 1. The summed E-state index contributed by atoms with van der Waals surface area (Å²) in [6, 6.07) is 18.4. The highest BCUT2D eigenvalue weighted by atomic mass is 32.1. The molecule has 0 unspecified atom stereocenters. The fourth-order valence-electron chi connectivity index (χ4n) is 3.50. The van der Waals surface area contributed by atoms with Gasteiger partial charge in [-0.05, 0) is 48.0 Å². The van der Waals surface area contributed by atoms with Crippen LogP contribution in [0, 0.1) is 17.2 Å². The second kappa shape index (κ2) is 9.42. The molecule has 7 heteroatoms. The molecule has 154 valence electrons. The Balaban J connectivity index is 2.12. The molecule has 1 heterocycles. The van der Waals surface area contributed by atoms with Crippen LogP contribution in [-0.4, -0.2) is 24.8 Å². The standard InChI is InChI=1S/C23H23N3O3S/c1-15(2)21-19(22(27)28-3)20(16-9-11-18(12-10-16)29-14-13-24)25-23(30)26(21)17-7-5-4-6-8-17/h4-12,15,20H,14H2,1-3H3,(H,25,30)/t20-/m0/s1. The summed E-state index contributed by atoms with van der Waals surface area (Å²) in [5.74, 6) is 0.182. The molecule has 0 spiro atoms. The van der Waals surface area contributed by atoms with E-state index in [2.05, 4.69) is 5.32 Å². The molecular formula is C23H23N3O3S. The smallest absolute Gasteiger partial charge is 0.338 e. The van der Waals surface area contributed by atoms with Gasteiger partial charge in [0.15, 0.2) is 11.7 Å². The Morgan fingerprint density at radius 3 is 2.43 bits per heavy atom. The number of allylic oxidation sites excluding steroid dienone is 1. The molecule has 0 amide bonds. The lowest BCUT2D eigenvalue weighted by molar-refractivity contribution is -0.136. The van der Waals surface area contributed by atoms with Crippen LogP contribution in [0.1, 0.15) is 25.5 Å². The largest absolute Gasteiger partial charge is 0.479 e. The molecule has 0 saturated carbocycles. The number of nitrogens with one attached hydrogen (secondary N) is 1. The number of esters is 1. The monoisotopic (exact) mass is 421 g/mol. The summed E-state index contributed by atoms with van der Waals surface area (Å²) in [6.07, 6.45) is 0. The molecule has 0 aromatic heterocycles. The minimum absolute atomic E-state index is 0.0140. The highest BCUT2D eigenvalue weighted by Gasteiger charge is 2.38. The Labute approximate surface area is 181 Å². The van der Waals surface area contributed by atoms with Gasteiger partial charge >= 0.3 is 5.97 Å². The van der Waals surface area contributed by atoms with Crippen LogP contribution in [0.5, 0.6) is 5.75 Å². The molecule has 30 heavy (non-hydrogen) atoms. The van der Waals surface area contributed by atoms with Gasteiger partial charge in [-0.1, -0.05) is 44.2 Å². The molecule has 1 N–H and O–H groups in total.